The van der Waals surface area contributed by atoms with E-state index in [1.165, 1.54) is 42.0 Å². The lowest BCUT2D eigenvalue weighted by atomic mass is 9.51. The summed E-state index contributed by atoms with van der Waals surface area (Å²) >= 11 is 0. The highest BCUT2D eigenvalue weighted by Crippen LogP contribution is 2.64. The number of aryl methyl sites for hydroxylation is 2. The molecule has 7 atom stereocenters. The fraction of sp³-hybridized carbons (Fsp3) is 0.565. The summed E-state index contributed by atoms with van der Waals surface area (Å²) in [6, 6.07) is 25.8. The minimum atomic E-state index is -0.341. The summed E-state index contributed by atoms with van der Waals surface area (Å²) in [6.07, 6.45) is 14.7. The Morgan fingerprint density at radius 2 is 1.57 bits per heavy atom. The minimum Gasteiger partial charge on any atom is -0.483 e. The average Bonchev–Trinajstić information content (AvgIpc) is 3.75. The highest BCUT2D eigenvalue weighted by molar-refractivity contribution is 5.77. The molecule has 3 aliphatic carbocycles. The molecule has 3 fully saturated rings. The maximum atomic E-state index is 14.5. The van der Waals surface area contributed by atoms with Crippen LogP contribution in [0.1, 0.15) is 106 Å². The Bertz CT molecular complexity index is 1730. The largest absolute Gasteiger partial charge is 0.483 e. The first kappa shape index (κ1) is 36.3. The van der Waals surface area contributed by atoms with Crippen LogP contribution in [-0.2, 0) is 34.3 Å². The molecule has 3 aromatic rings. The molecule has 5 aliphatic rings. The minimum absolute atomic E-state index is 0.0256. The fourth-order valence-electron chi connectivity index (χ4n) is 10.8. The molecule has 8 rings (SSSR count). The van der Waals surface area contributed by atoms with Gasteiger partial charge in [0.2, 0.25) is 5.91 Å². The summed E-state index contributed by atoms with van der Waals surface area (Å²) in [5.41, 5.74) is 5.09. The van der Waals surface area contributed by atoms with Gasteiger partial charge in [0.25, 0.3) is 0 Å². The number of nitrogens with zero attached hydrogens (tertiary/aromatic N) is 2. The molecule has 53 heavy (non-hydrogen) atoms. The van der Waals surface area contributed by atoms with Crippen molar-refractivity contribution >= 4 is 11.9 Å². The van der Waals surface area contributed by atoms with Crippen molar-refractivity contribution in [3.8, 4) is 11.5 Å². The Hall–Kier alpha value is -3.68. The van der Waals surface area contributed by atoms with Crippen LogP contribution in [0.25, 0.3) is 0 Å². The Balaban J connectivity index is 1.01. The second-order valence-electron chi connectivity index (χ2n) is 16.7. The van der Waals surface area contributed by atoms with Gasteiger partial charge in [-0.25, -0.2) is 0 Å². The number of benzene rings is 3. The number of piperidine rings is 1. The van der Waals surface area contributed by atoms with Crippen LogP contribution in [-0.4, -0.2) is 70.7 Å². The Morgan fingerprint density at radius 3 is 2.26 bits per heavy atom. The molecule has 2 heterocycles. The second kappa shape index (κ2) is 16.0. The SMILES string of the molecule is CC(=O)Oc1ccc2c3c1O[C@H]1[C@@H](N(CCCCc4ccccc4)C(=O)CCCCCCCc4ccccc4)CC[C@H]4[C@@H](C2)N(CC2CC2O)CC[C@@]341. The van der Waals surface area contributed by atoms with E-state index in [2.05, 4.69) is 76.5 Å². The van der Waals surface area contributed by atoms with E-state index >= 15 is 0 Å². The van der Waals surface area contributed by atoms with Crippen LogP contribution in [0.15, 0.2) is 72.8 Å². The number of esters is 1. The van der Waals surface area contributed by atoms with E-state index in [0.29, 0.717) is 30.0 Å². The van der Waals surface area contributed by atoms with Crippen molar-refractivity contribution in [2.24, 2.45) is 11.8 Å². The Kier molecular flexibility index (Phi) is 10.9. The monoisotopic (exact) mass is 718 g/mol. The zero-order valence-electron chi connectivity index (χ0n) is 31.6. The van der Waals surface area contributed by atoms with Gasteiger partial charge < -0.3 is 19.5 Å². The second-order valence-corrected chi connectivity index (χ2v) is 16.7. The molecule has 7 nitrogen and oxygen atoms in total. The summed E-state index contributed by atoms with van der Waals surface area (Å²) < 4.78 is 13.0. The molecule has 1 spiro atoms. The number of ether oxygens (including phenoxy) is 2. The van der Waals surface area contributed by atoms with Gasteiger partial charge in [0, 0.05) is 49.4 Å². The number of hydrogen-bond donors (Lipinski definition) is 1. The van der Waals surface area contributed by atoms with E-state index in [1.807, 2.05) is 6.07 Å². The van der Waals surface area contributed by atoms with Crippen LogP contribution in [0.2, 0.25) is 0 Å². The van der Waals surface area contributed by atoms with Gasteiger partial charge in [-0.15, -0.1) is 0 Å². The maximum Gasteiger partial charge on any atom is 0.308 e. The van der Waals surface area contributed by atoms with Crippen LogP contribution >= 0.6 is 0 Å². The summed E-state index contributed by atoms with van der Waals surface area (Å²) in [7, 11) is 0. The summed E-state index contributed by atoms with van der Waals surface area (Å²) in [5.74, 6) is 1.98. The first-order chi connectivity index (χ1) is 25.9. The van der Waals surface area contributed by atoms with Crippen molar-refractivity contribution in [3.05, 3.63) is 95.1 Å². The van der Waals surface area contributed by atoms with Gasteiger partial charge in [0.05, 0.1) is 12.1 Å². The number of aliphatic hydroxyl groups is 1. The van der Waals surface area contributed by atoms with Gasteiger partial charge >= 0.3 is 5.97 Å². The lowest BCUT2D eigenvalue weighted by Crippen LogP contribution is -2.69. The van der Waals surface area contributed by atoms with Gasteiger partial charge in [-0.05, 0) is 106 Å². The number of carbonyl (C=O) groups is 2. The predicted octanol–water partition coefficient (Wildman–Crippen LogP) is 7.84. The Labute approximate surface area is 316 Å². The lowest BCUT2D eigenvalue weighted by Gasteiger charge is -2.60. The molecular formula is C46H58N2O5. The summed E-state index contributed by atoms with van der Waals surface area (Å²) in [5, 5.41) is 10.3. The van der Waals surface area contributed by atoms with E-state index in [-0.39, 0.29) is 35.5 Å². The zero-order chi connectivity index (χ0) is 36.4. The summed E-state index contributed by atoms with van der Waals surface area (Å²) in [4.78, 5) is 31.7. The number of unbranched alkanes of at least 4 members (excludes halogenated alkanes) is 5. The molecular weight excluding hydrogens is 661 g/mol. The maximum absolute atomic E-state index is 14.5. The third-order valence-corrected chi connectivity index (χ3v) is 13.4. The average molecular weight is 719 g/mol. The molecule has 1 saturated heterocycles. The van der Waals surface area contributed by atoms with Crippen molar-refractivity contribution in [2.45, 2.75) is 133 Å². The van der Waals surface area contributed by atoms with Crippen molar-refractivity contribution in [1.82, 2.24) is 9.80 Å². The molecule has 1 N–H and O–H groups in total. The number of aliphatic hydroxyl groups excluding tert-OH is 1. The third-order valence-electron chi connectivity index (χ3n) is 13.4. The molecule has 7 heteroatoms. The smallest absolute Gasteiger partial charge is 0.308 e. The van der Waals surface area contributed by atoms with Gasteiger partial charge in [-0.2, -0.15) is 0 Å². The topological polar surface area (TPSA) is 79.3 Å². The zero-order valence-corrected chi connectivity index (χ0v) is 31.6. The fourth-order valence-corrected chi connectivity index (χ4v) is 10.8. The molecule has 2 saturated carbocycles. The van der Waals surface area contributed by atoms with Crippen LogP contribution < -0.4 is 9.47 Å². The number of hydrogen-bond acceptors (Lipinski definition) is 6. The molecule has 0 aromatic heterocycles. The van der Waals surface area contributed by atoms with E-state index in [4.69, 9.17) is 9.47 Å². The standard InChI is InChI=1S/C46H58N2O5/c1-32(49)52-41-25-22-35-29-39-37-23-24-38(45-46(37,43(35)44(41)53-45)26-28-47(39)31-36-30-40(36)50)48(27-14-13-20-34-18-10-6-11-19-34)42(51)21-12-4-2-3-7-15-33-16-8-5-9-17-33/h5-6,8-11,16-19,22,25,36-40,45,50H,2-4,7,12-15,20-21,23-24,26-31H2,1H3/t36?,37-,38-,39+,40?,45-,46-/m0/s1. The molecule has 0 radical (unpaired) electrons. The molecule has 2 aliphatic heterocycles. The van der Waals surface area contributed by atoms with E-state index < -0.39 is 0 Å². The molecule has 282 valence electrons. The predicted molar refractivity (Wildman–Crippen MR) is 207 cm³/mol. The van der Waals surface area contributed by atoms with Crippen molar-refractivity contribution in [3.63, 3.8) is 0 Å². The van der Waals surface area contributed by atoms with Gasteiger partial charge in [-0.1, -0.05) is 86.0 Å². The number of amides is 1. The van der Waals surface area contributed by atoms with Crippen LogP contribution in [0.3, 0.4) is 0 Å². The van der Waals surface area contributed by atoms with Crippen molar-refractivity contribution < 1.29 is 24.2 Å². The molecule has 2 bridgehead atoms. The molecule has 2 unspecified atom stereocenters. The number of carbonyl (C=O) groups excluding carboxylic acids is 2. The first-order valence-corrected chi connectivity index (χ1v) is 20.7. The Morgan fingerprint density at radius 1 is 0.887 bits per heavy atom. The van der Waals surface area contributed by atoms with Gasteiger partial charge in [0.15, 0.2) is 11.5 Å². The molecule has 3 aromatic carbocycles. The highest BCUT2D eigenvalue weighted by Gasteiger charge is 2.67. The van der Waals surface area contributed by atoms with Crippen molar-refractivity contribution in [1.29, 1.82) is 0 Å². The molecule has 1 amide bonds. The first-order valence-electron chi connectivity index (χ1n) is 20.7. The quantitative estimate of drug-likeness (QED) is 0.0871. The lowest BCUT2D eigenvalue weighted by molar-refractivity contribution is -0.143. The van der Waals surface area contributed by atoms with Crippen LogP contribution in [0, 0.1) is 11.8 Å². The normalized spacial score (nSPS) is 27.8. The number of likely N-dealkylation sites (tertiary alicyclic amines) is 1. The highest BCUT2D eigenvalue weighted by atomic mass is 16.6. The number of rotatable bonds is 17. The van der Waals surface area contributed by atoms with Gasteiger partial charge in [0.1, 0.15) is 6.10 Å². The third kappa shape index (κ3) is 7.53. The van der Waals surface area contributed by atoms with Crippen LogP contribution in [0.4, 0.5) is 0 Å². The van der Waals surface area contributed by atoms with E-state index in [1.54, 1.807) is 0 Å². The summed E-state index contributed by atoms with van der Waals surface area (Å²) in [6.45, 7) is 4.11. The van der Waals surface area contributed by atoms with Crippen molar-refractivity contribution in [2.75, 3.05) is 19.6 Å². The van der Waals surface area contributed by atoms with E-state index in [0.717, 1.165) is 102 Å². The van der Waals surface area contributed by atoms with Gasteiger partial charge in [-0.3, -0.25) is 14.5 Å². The van der Waals surface area contributed by atoms with Crippen LogP contribution in [0.5, 0.6) is 11.5 Å². The van der Waals surface area contributed by atoms with E-state index in [9.17, 15) is 14.7 Å².